The van der Waals surface area contributed by atoms with E-state index in [9.17, 15) is 24.1 Å². The van der Waals surface area contributed by atoms with Crippen molar-refractivity contribution in [3.8, 4) is 0 Å². The Balaban J connectivity index is 0.000000246. The number of ether oxygens (including phenoxy) is 4. The van der Waals surface area contributed by atoms with Gasteiger partial charge in [-0.2, -0.15) is 10.2 Å². The molecule has 0 heterocycles. The van der Waals surface area contributed by atoms with Crippen LogP contribution in [0.15, 0.2) is 107 Å². The van der Waals surface area contributed by atoms with Gasteiger partial charge in [0.2, 0.25) is 0 Å². The Morgan fingerprint density at radius 1 is 0.489 bits per heavy atom. The molecule has 0 amide bonds. The highest BCUT2D eigenvalue weighted by atomic mass is 16.5. The predicted molar refractivity (Wildman–Crippen MR) is 162 cm³/mol. The SMILES string of the molecule is COC(=O)c1ccc(N=Nc2ccc(C(=O)OC)cc2)cc1.COC(=O)c1ccc(N[N+](=O)c2ccc(C(=O)OC)cc2)cc1. The first-order valence-electron chi connectivity index (χ1n) is 13.1. The number of hydrogen-bond donors (Lipinski definition) is 1. The molecule has 0 unspecified atom stereocenters. The Labute approximate surface area is 257 Å². The van der Waals surface area contributed by atoms with E-state index in [1.807, 2.05) is 0 Å². The molecule has 13 heteroatoms. The summed E-state index contributed by atoms with van der Waals surface area (Å²) in [6.07, 6.45) is 0. The Morgan fingerprint density at radius 3 is 1.09 bits per heavy atom. The molecule has 0 saturated heterocycles. The number of anilines is 1. The number of nitrogens with one attached hydrogen (secondary N) is 1. The smallest absolute Gasteiger partial charge is 0.337 e. The van der Waals surface area contributed by atoms with Crippen molar-refractivity contribution in [2.24, 2.45) is 10.2 Å². The fourth-order valence-electron chi connectivity index (χ4n) is 3.51. The van der Waals surface area contributed by atoms with Gasteiger partial charge in [-0.15, -0.1) is 5.43 Å². The molecule has 0 aliphatic rings. The van der Waals surface area contributed by atoms with Gasteiger partial charge in [-0.05, 0) is 84.9 Å². The molecule has 0 aromatic heterocycles. The minimum atomic E-state index is -0.472. The van der Waals surface area contributed by atoms with E-state index < -0.39 is 23.9 Å². The normalized spacial score (nSPS) is 10.1. The van der Waals surface area contributed by atoms with Crippen molar-refractivity contribution < 1.29 is 43.0 Å². The van der Waals surface area contributed by atoms with E-state index in [1.165, 1.54) is 52.7 Å². The lowest BCUT2D eigenvalue weighted by Crippen LogP contribution is -2.11. The van der Waals surface area contributed by atoms with Crippen molar-refractivity contribution in [1.82, 2.24) is 0 Å². The van der Waals surface area contributed by atoms with Crippen LogP contribution in [-0.4, -0.2) is 57.2 Å². The summed E-state index contributed by atoms with van der Waals surface area (Å²) in [6, 6.07) is 25.3. The van der Waals surface area contributed by atoms with Crippen molar-refractivity contribution in [3.05, 3.63) is 124 Å². The van der Waals surface area contributed by atoms with Crippen LogP contribution < -0.4 is 5.43 Å². The number of methoxy groups -OCH3 is 4. The first kappa shape index (κ1) is 33.3. The lowest BCUT2D eigenvalue weighted by atomic mass is 10.2. The van der Waals surface area contributed by atoms with E-state index in [0.717, 1.165) is 0 Å². The summed E-state index contributed by atoms with van der Waals surface area (Å²) in [6.45, 7) is 0. The third-order valence-corrected chi connectivity index (χ3v) is 5.92. The van der Waals surface area contributed by atoms with Crippen LogP contribution in [0.2, 0.25) is 0 Å². The molecule has 4 aromatic rings. The second-order valence-corrected chi connectivity index (χ2v) is 8.79. The van der Waals surface area contributed by atoms with E-state index in [1.54, 1.807) is 72.8 Å². The van der Waals surface area contributed by atoms with Gasteiger partial charge < -0.3 is 18.9 Å². The van der Waals surface area contributed by atoms with Crippen molar-refractivity contribution in [3.63, 3.8) is 0 Å². The predicted octanol–water partition coefficient (Wildman–Crippen LogP) is 6.37. The standard InChI is InChI=1S/C16H14N2O5.C16H14N2O4/c1-22-15(19)11-3-7-13(8-4-11)17-18(21)14-9-5-12(6-10-14)16(20)23-2;1-21-15(19)11-3-7-13(8-4-11)17-18-14-9-5-12(6-10-14)16(20)22-2/h3-10H,1-2H3;3-10H,1-2H3/p+1. The van der Waals surface area contributed by atoms with Crippen LogP contribution in [0, 0.1) is 4.91 Å². The quantitative estimate of drug-likeness (QED) is 0.0738. The first-order chi connectivity index (χ1) is 21.7. The average Bonchev–Trinajstić information content (AvgIpc) is 3.10. The van der Waals surface area contributed by atoms with Crippen LogP contribution in [0.4, 0.5) is 22.7 Å². The molecule has 45 heavy (non-hydrogen) atoms. The van der Waals surface area contributed by atoms with Crippen molar-refractivity contribution in [2.75, 3.05) is 33.9 Å². The molecule has 0 atom stereocenters. The molecule has 0 radical (unpaired) electrons. The van der Waals surface area contributed by atoms with Gasteiger partial charge >= 0.3 is 23.9 Å². The van der Waals surface area contributed by atoms with Gasteiger partial charge in [0.15, 0.2) is 4.87 Å². The summed E-state index contributed by atoms with van der Waals surface area (Å²) in [4.78, 5) is 57.8. The highest BCUT2D eigenvalue weighted by molar-refractivity contribution is 5.91. The minimum absolute atomic E-state index is 0.315. The number of carbonyl (C=O) groups is 4. The largest absolute Gasteiger partial charge is 0.465 e. The van der Waals surface area contributed by atoms with Crippen molar-refractivity contribution >= 4 is 46.6 Å². The monoisotopic (exact) mass is 613 g/mol. The number of hydrazine groups is 1. The van der Waals surface area contributed by atoms with E-state index >= 15 is 0 Å². The molecule has 0 fully saturated rings. The number of carbonyl (C=O) groups excluding carboxylic acids is 4. The summed E-state index contributed by atoms with van der Waals surface area (Å²) in [5.74, 6) is -1.72. The van der Waals surface area contributed by atoms with Crippen LogP contribution in [-0.2, 0) is 18.9 Å². The highest BCUT2D eigenvalue weighted by Crippen LogP contribution is 2.20. The van der Waals surface area contributed by atoms with E-state index in [-0.39, 0.29) is 0 Å². The summed E-state index contributed by atoms with van der Waals surface area (Å²) in [7, 11) is 5.24. The maximum absolute atomic E-state index is 12.0. The number of benzene rings is 4. The van der Waals surface area contributed by atoms with Gasteiger partial charge in [-0.25, -0.2) is 19.2 Å². The van der Waals surface area contributed by atoms with E-state index in [2.05, 4.69) is 34.6 Å². The van der Waals surface area contributed by atoms with Crippen LogP contribution >= 0.6 is 0 Å². The zero-order chi connectivity index (χ0) is 32.8. The molecule has 1 N–H and O–H groups in total. The minimum Gasteiger partial charge on any atom is -0.465 e. The lowest BCUT2D eigenvalue weighted by molar-refractivity contribution is -0.427. The van der Waals surface area contributed by atoms with Gasteiger partial charge in [0.05, 0.1) is 67.0 Å². The van der Waals surface area contributed by atoms with Crippen molar-refractivity contribution in [1.29, 1.82) is 0 Å². The molecule has 4 rings (SSSR count). The lowest BCUT2D eigenvalue weighted by Gasteiger charge is -2.01. The molecule has 0 aliphatic carbocycles. The molecule has 0 bridgehead atoms. The fraction of sp³-hybridized carbons (Fsp3) is 0.125. The zero-order valence-electron chi connectivity index (χ0n) is 24.8. The molecule has 13 nitrogen and oxygen atoms in total. The highest BCUT2D eigenvalue weighted by Gasteiger charge is 2.16. The topological polar surface area (TPSA) is 162 Å². The summed E-state index contributed by atoms with van der Waals surface area (Å²) in [5.41, 5.74) is 6.27. The Bertz CT molecular complexity index is 1610. The summed E-state index contributed by atoms with van der Waals surface area (Å²) in [5, 5.41) is 8.11. The van der Waals surface area contributed by atoms with Gasteiger partial charge in [0.1, 0.15) is 5.69 Å². The van der Waals surface area contributed by atoms with Crippen molar-refractivity contribution in [2.45, 2.75) is 0 Å². The third-order valence-electron chi connectivity index (χ3n) is 5.92. The maximum atomic E-state index is 12.0. The van der Waals surface area contributed by atoms with Crippen LogP contribution in [0.1, 0.15) is 41.4 Å². The van der Waals surface area contributed by atoms with Crippen LogP contribution in [0.25, 0.3) is 0 Å². The number of nitroso groups, excluding NO2 is 1. The first-order valence-corrected chi connectivity index (χ1v) is 13.1. The molecule has 230 valence electrons. The Kier molecular flexibility index (Phi) is 12.1. The summed E-state index contributed by atoms with van der Waals surface area (Å²) >= 11 is 0. The second kappa shape index (κ2) is 16.4. The molecule has 0 aliphatic heterocycles. The van der Waals surface area contributed by atoms with Crippen LogP contribution in [0.3, 0.4) is 0 Å². The number of hydrogen-bond acceptors (Lipinski definition) is 11. The third kappa shape index (κ3) is 9.64. The number of nitrogens with zero attached hydrogens (tertiary/aromatic N) is 3. The van der Waals surface area contributed by atoms with Gasteiger partial charge in [-0.1, -0.05) is 0 Å². The second-order valence-electron chi connectivity index (χ2n) is 8.79. The maximum Gasteiger partial charge on any atom is 0.337 e. The zero-order valence-corrected chi connectivity index (χ0v) is 24.8. The van der Waals surface area contributed by atoms with E-state index in [0.29, 0.717) is 49.9 Å². The fourth-order valence-corrected chi connectivity index (χ4v) is 3.51. The number of esters is 4. The molecular formula is C32H29N4O9+. The molecule has 0 spiro atoms. The number of rotatable bonds is 9. The van der Waals surface area contributed by atoms with Gasteiger partial charge in [0.25, 0.3) is 5.69 Å². The average molecular weight is 614 g/mol. The molecule has 0 saturated carbocycles. The molecule has 4 aromatic carbocycles. The van der Waals surface area contributed by atoms with Gasteiger partial charge in [-0.3, -0.25) is 0 Å². The molecular weight excluding hydrogens is 584 g/mol. The van der Waals surface area contributed by atoms with Crippen LogP contribution in [0.5, 0.6) is 0 Å². The summed E-state index contributed by atoms with van der Waals surface area (Å²) < 4.78 is 18.4. The van der Waals surface area contributed by atoms with E-state index in [4.69, 9.17) is 0 Å². The Hall–Kier alpha value is -6.24. The number of azo groups is 1. The van der Waals surface area contributed by atoms with Gasteiger partial charge in [0, 0.05) is 12.1 Å². The Morgan fingerprint density at radius 2 is 0.778 bits per heavy atom.